The number of aliphatic hydroxyl groups is 3. The molecule has 42 heavy (non-hydrogen) atoms. The fourth-order valence-electron chi connectivity index (χ4n) is 6.69. The van der Waals surface area contributed by atoms with Crippen LogP contribution in [0.1, 0.15) is 23.1 Å². The van der Waals surface area contributed by atoms with Gasteiger partial charge in [0.25, 0.3) is 5.91 Å². The summed E-state index contributed by atoms with van der Waals surface area (Å²) in [6.07, 6.45) is 3.41. The molecule has 3 aliphatic carbocycles. The van der Waals surface area contributed by atoms with E-state index in [4.69, 9.17) is 15.2 Å². The minimum Gasteiger partial charge on any atom is -0.508 e. The average molecular weight is 577 g/mol. The predicted molar refractivity (Wildman–Crippen MR) is 152 cm³/mol. The van der Waals surface area contributed by atoms with Crippen molar-refractivity contribution in [2.75, 3.05) is 28.3 Å². The van der Waals surface area contributed by atoms with Crippen LogP contribution in [0.3, 0.4) is 0 Å². The van der Waals surface area contributed by atoms with Gasteiger partial charge < -0.3 is 35.6 Å². The molecule has 11 nitrogen and oxygen atoms in total. The number of phenols is 1. The summed E-state index contributed by atoms with van der Waals surface area (Å²) in [6.45, 7) is 0. The van der Waals surface area contributed by atoms with Gasteiger partial charge in [0.05, 0.1) is 32.1 Å². The topological polar surface area (TPSA) is 180 Å². The quantitative estimate of drug-likeness (QED) is 0.253. The van der Waals surface area contributed by atoms with Crippen molar-refractivity contribution in [3.05, 3.63) is 70.2 Å². The monoisotopic (exact) mass is 576 g/mol. The van der Waals surface area contributed by atoms with E-state index in [0.717, 1.165) is 11.1 Å². The number of rotatable bonds is 6. The number of primary amides is 1. The maximum atomic E-state index is 14.0. The van der Waals surface area contributed by atoms with E-state index in [9.17, 15) is 34.8 Å². The lowest BCUT2D eigenvalue weighted by Crippen LogP contribution is -2.65. The molecule has 0 aliphatic heterocycles. The molecule has 0 spiro atoms. The lowest BCUT2D eigenvalue weighted by Gasteiger charge is -2.50. The standard InChI is InChI=1S/C31H32N2O9/c1-33(2)25-19-13-16-12-18-17(14-5-8-21(42-4)15(11-14)9-10-41-3)6-7-20(34)23(18)26(35)22(16)28(37)31(19,40)29(38)24(27(25)36)30(32)39/h5-11,16,19,25,34-35,38,40H,12-13H2,1-4H3,(H2,32,39)/b10-9+/t16-,19-,25-,31-/m0/s1. The largest absolute Gasteiger partial charge is 0.508 e. The minimum atomic E-state index is -2.68. The summed E-state index contributed by atoms with van der Waals surface area (Å²) in [5.41, 5.74) is 4.36. The third-order valence-corrected chi connectivity index (χ3v) is 8.53. The molecule has 0 heterocycles. The van der Waals surface area contributed by atoms with E-state index in [1.165, 1.54) is 24.3 Å². The van der Waals surface area contributed by atoms with Crippen molar-refractivity contribution < 1.29 is 44.3 Å². The zero-order valence-electron chi connectivity index (χ0n) is 23.5. The van der Waals surface area contributed by atoms with Crippen molar-refractivity contribution in [3.63, 3.8) is 0 Å². The predicted octanol–water partition coefficient (Wildman–Crippen LogP) is 2.26. The number of hydrogen-bond donors (Lipinski definition) is 5. The van der Waals surface area contributed by atoms with Crippen LogP contribution < -0.4 is 10.5 Å². The van der Waals surface area contributed by atoms with Crippen LogP contribution in [0, 0.1) is 11.8 Å². The molecule has 2 aromatic rings. The van der Waals surface area contributed by atoms with Crippen molar-refractivity contribution in [3.8, 4) is 22.6 Å². The highest BCUT2D eigenvalue weighted by Crippen LogP contribution is 2.53. The number of carbonyl (C=O) groups is 3. The van der Waals surface area contributed by atoms with E-state index in [2.05, 4.69) is 0 Å². The van der Waals surface area contributed by atoms with Gasteiger partial charge in [-0.1, -0.05) is 12.1 Å². The Morgan fingerprint density at radius 2 is 1.83 bits per heavy atom. The molecule has 11 heteroatoms. The van der Waals surface area contributed by atoms with Gasteiger partial charge in [-0.25, -0.2) is 0 Å². The number of methoxy groups -OCH3 is 2. The van der Waals surface area contributed by atoms with Crippen molar-refractivity contribution in [1.82, 2.24) is 4.90 Å². The summed E-state index contributed by atoms with van der Waals surface area (Å²) in [5, 5.41) is 45.1. The number of Topliss-reactive ketones (excluding diaryl/α,β-unsaturated/α-hetero) is 2. The number of carbonyl (C=O) groups excluding carboxylic acids is 3. The molecule has 5 rings (SSSR count). The molecule has 1 fully saturated rings. The highest BCUT2D eigenvalue weighted by Gasteiger charge is 2.64. The SMILES string of the molecule is CO/C=C/c1cc(-c2ccc(O)c3c2C[C@H]2C[C@H]4[C@H](N(C)C)C(=O)C(C(N)=O)=C(O)[C@@]4(O)C(=O)C2=C3O)ccc1OC. The van der Waals surface area contributed by atoms with Crippen molar-refractivity contribution >= 4 is 29.3 Å². The van der Waals surface area contributed by atoms with Crippen molar-refractivity contribution in [2.24, 2.45) is 17.6 Å². The van der Waals surface area contributed by atoms with E-state index in [1.807, 2.05) is 12.1 Å². The Balaban J connectivity index is 1.71. The molecule has 0 radical (unpaired) electrons. The second-order valence-corrected chi connectivity index (χ2v) is 10.9. The van der Waals surface area contributed by atoms with Gasteiger partial charge in [0.15, 0.2) is 11.4 Å². The van der Waals surface area contributed by atoms with Gasteiger partial charge in [-0.2, -0.15) is 0 Å². The van der Waals surface area contributed by atoms with E-state index in [1.54, 1.807) is 39.4 Å². The first-order chi connectivity index (χ1) is 19.9. The highest BCUT2D eigenvalue weighted by molar-refractivity contribution is 6.24. The Kier molecular flexibility index (Phi) is 7.12. The summed E-state index contributed by atoms with van der Waals surface area (Å²) in [6, 6.07) is 7.42. The lowest BCUT2D eigenvalue weighted by atomic mass is 9.57. The lowest BCUT2D eigenvalue weighted by molar-refractivity contribution is -0.153. The van der Waals surface area contributed by atoms with Gasteiger partial charge in [0.2, 0.25) is 5.78 Å². The molecular weight excluding hydrogens is 544 g/mol. The number of amides is 1. The van der Waals surface area contributed by atoms with Gasteiger partial charge in [0, 0.05) is 17.1 Å². The normalized spacial score (nSPS) is 25.4. The number of aliphatic hydroxyl groups excluding tert-OH is 2. The van der Waals surface area contributed by atoms with E-state index >= 15 is 0 Å². The van der Waals surface area contributed by atoms with Gasteiger partial charge in [-0.05, 0) is 73.8 Å². The zero-order valence-corrected chi connectivity index (χ0v) is 23.5. The molecule has 6 N–H and O–H groups in total. The van der Waals surface area contributed by atoms with Gasteiger partial charge in [-0.3, -0.25) is 19.3 Å². The van der Waals surface area contributed by atoms with Crippen molar-refractivity contribution in [2.45, 2.75) is 24.5 Å². The Hall–Kier alpha value is -4.61. The first-order valence-electron chi connectivity index (χ1n) is 13.3. The van der Waals surface area contributed by atoms with Gasteiger partial charge in [-0.15, -0.1) is 0 Å². The van der Waals surface area contributed by atoms with Crippen LogP contribution >= 0.6 is 0 Å². The molecule has 220 valence electrons. The summed E-state index contributed by atoms with van der Waals surface area (Å²) in [7, 11) is 6.18. The van der Waals surface area contributed by atoms with Gasteiger partial charge >= 0.3 is 0 Å². The molecular formula is C31H32N2O9. The number of nitrogens with two attached hydrogens (primary N) is 1. The Morgan fingerprint density at radius 1 is 1.12 bits per heavy atom. The van der Waals surface area contributed by atoms with Gasteiger partial charge in [0.1, 0.15) is 28.6 Å². The molecule has 1 saturated carbocycles. The number of hydrogen-bond acceptors (Lipinski definition) is 10. The summed E-state index contributed by atoms with van der Waals surface area (Å²) >= 11 is 0. The fraction of sp³-hybridized carbons (Fsp3) is 0.323. The first-order valence-corrected chi connectivity index (χ1v) is 13.3. The summed E-state index contributed by atoms with van der Waals surface area (Å²) < 4.78 is 10.5. The molecule has 0 unspecified atom stereocenters. The number of phenolic OH excluding ortho intramolecular Hbond substituents is 1. The molecule has 2 aromatic carbocycles. The number of ketones is 2. The summed E-state index contributed by atoms with van der Waals surface area (Å²) in [5.74, 6) is -6.30. The van der Waals surface area contributed by atoms with Crippen LogP contribution in [0.2, 0.25) is 0 Å². The smallest absolute Gasteiger partial charge is 0.255 e. The molecule has 0 bridgehead atoms. The Morgan fingerprint density at radius 3 is 2.45 bits per heavy atom. The van der Waals surface area contributed by atoms with Crippen LogP contribution in [-0.4, -0.2) is 82.8 Å². The van der Waals surface area contributed by atoms with Crippen LogP contribution in [0.4, 0.5) is 0 Å². The fourth-order valence-corrected chi connectivity index (χ4v) is 6.69. The number of likely N-dealkylation sites (N-methyl/N-ethyl adjacent to an activating group) is 1. The number of nitrogens with zero attached hydrogens (tertiary/aromatic N) is 1. The Labute approximate surface area is 241 Å². The second-order valence-electron chi connectivity index (χ2n) is 10.9. The number of ether oxygens (including phenoxy) is 2. The number of fused-ring (bicyclic) bond motifs is 3. The van der Waals surface area contributed by atoms with Crippen LogP contribution in [-0.2, 0) is 25.5 Å². The van der Waals surface area contributed by atoms with Crippen LogP contribution in [0.25, 0.3) is 23.0 Å². The average Bonchev–Trinajstić information content (AvgIpc) is 2.93. The van der Waals surface area contributed by atoms with E-state index in [-0.39, 0.29) is 29.7 Å². The zero-order chi connectivity index (χ0) is 30.7. The van der Waals surface area contributed by atoms with Crippen molar-refractivity contribution in [1.29, 1.82) is 0 Å². The molecule has 0 saturated heterocycles. The highest BCUT2D eigenvalue weighted by atomic mass is 16.5. The second kappa shape index (κ2) is 10.3. The maximum Gasteiger partial charge on any atom is 0.255 e. The third kappa shape index (κ3) is 4.07. The van der Waals surface area contributed by atoms with Crippen LogP contribution in [0.15, 0.2) is 53.5 Å². The number of benzene rings is 2. The summed E-state index contributed by atoms with van der Waals surface area (Å²) in [4.78, 5) is 40.9. The van der Waals surface area contributed by atoms with Crippen LogP contribution in [0.5, 0.6) is 11.5 Å². The number of aromatic hydroxyl groups is 1. The molecule has 0 aromatic heterocycles. The molecule has 4 atom stereocenters. The minimum absolute atomic E-state index is 0.00526. The molecule has 3 aliphatic rings. The Bertz CT molecular complexity index is 1620. The molecule has 1 amide bonds. The maximum absolute atomic E-state index is 14.0. The third-order valence-electron chi connectivity index (χ3n) is 8.53. The first kappa shape index (κ1) is 28.9. The van der Waals surface area contributed by atoms with E-state index < -0.39 is 58.0 Å². The van der Waals surface area contributed by atoms with E-state index in [0.29, 0.717) is 16.9 Å².